The standard InChI is InChI=1S/C20H19NO5/c1-24-14-8-9-15-16(12-14)26-19(18(15)13-6-4-3-5-7-13)20(23)21-11-10-17(22)25-2/h3-9,12H,10-11H2,1-2H3,(H,21,23). The average molecular weight is 353 g/mol. The van der Waals surface area contributed by atoms with E-state index in [-0.39, 0.29) is 30.6 Å². The summed E-state index contributed by atoms with van der Waals surface area (Å²) in [5, 5.41) is 3.51. The Morgan fingerprint density at radius 1 is 1.08 bits per heavy atom. The van der Waals surface area contributed by atoms with Gasteiger partial charge >= 0.3 is 5.97 Å². The summed E-state index contributed by atoms with van der Waals surface area (Å²) >= 11 is 0. The number of nitrogens with one attached hydrogen (secondary N) is 1. The lowest BCUT2D eigenvalue weighted by Crippen LogP contribution is -2.26. The number of amides is 1. The van der Waals surface area contributed by atoms with Crippen molar-refractivity contribution in [2.24, 2.45) is 0 Å². The molecule has 3 aromatic rings. The van der Waals surface area contributed by atoms with Crippen molar-refractivity contribution in [2.75, 3.05) is 20.8 Å². The first-order valence-electron chi connectivity index (χ1n) is 8.15. The number of ether oxygens (including phenoxy) is 2. The van der Waals surface area contributed by atoms with E-state index in [4.69, 9.17) is 9.15 Å². The highest BCUT2D eigenvalue weighted by molar-refractivity contribution is 6.08. The molecule has 1 N–H and O–H groups in total. The molecular formula is C20H19NO5. The first kappa shape index (κ1) is 17.5. The molecule has 2 aromatic carbocycles. The topological polar surface area (TPSA) is 77.8 Å². The second-order valence-corrected chi connectivity index (χ2v) is 5.62. The SMILES string of the molecule is COC(=O)CCNC(=O)c1oc2cc(OC)ccc2c1-c1ccccc1. The minimum atomic E-state index is -0.386. The highest BCUT2D eigenvalue weighted by Gasteiger charge is 2.22. The number of hydrogen-bond acceptors (Lipinski definition) is 5. The van der Waals surface area contributed by atoms with Crippen LogP contribution in [0.15, 0.2) is 52.9 Å². The first-order chi connectivity index (χ1) is 12.6. The molecule has 0 saturated heterocycles. The molecule has 0 fully saturated rings. The lowest BCUT2D eigenvalue weighted by molar-refractivity contribution is -0.140. The summed E-state index contributed by atoms with van der Waals surface area (Å²) in [4.78, 5) is 23.9. The fourth-order valence-electron chi connectivity index (χ4n) is 2.72. The number of carbonyl (C=O) groups excluding carboxylic acids is 2. The van der Waals surface area contributed by atoms with Gasteiger partial charge in [0, 0.05) is 23.6 Å². The van der Waals surface area contributed by atoms with Gasteiger partial charge in [-0.15, -0.1) is 0 Å². The molecule has 1 heterocycles. The third-order valence-electron chi connectivity index (χ3n) is 4.01. The van der Waals surface area contributed by atoms with Crippen molar-refractivity contribution in [2.45, 2.75) is 6.42 Å². The normalized spacial score (nSPS) is 10.5. The fourth-order valence-corrected chi connectivity index (χ4v) is 2.72. The predicted molar refractivity (Wildman–Crippen MR) is 97.2 cm³/mol. The average Bonchev–Trinajstić information content (AvgIpc) is 3.07. The maximum Gasteiger partial charge on any atom is 0.307 e. The van der Waals surface area contributed by atoms with Gasteiger partial charge in [0.1, 0.15) is 11.3 Å². The van der Waals surface area contributed by atoms with E-state index >= 15 is 0 Å². The van der Waals surface area contributed by atoms with Crippen molar-refractivity contribution < 1.29 is 23.5 Å². The summed E-state index contributed by atoms with van der Waals surface area (Å²) < 4.78 is 15.6. The van der Waals surface area contributed by atoms with Crippen LogP contribution in [-0.4, -0.2) is 32.6 Å². The third-order valence-corrected chi connectivity index (χ3v) is 4.01. The van der Waals surface area contributed by atoms with Gasteiger partial charge in [-0.1, -0.05) is 30.3 Å². The molecule has 3 rings (SSSR count). The number of furan rings is 1. The van der Waals surface area contributed by atoms with Crippen molar-refractivity contribution in [1.29, 1.82) is 0 Å². The van der Waals surface area contributed by atoms with Crippen LogP contribution in [-0.2, 0) is 9.53 Å². The van der Waals surface area contributed by atoms with E-state index in [9.17, 15) is 9.59 Å². The molecule has 0 aliphatic rings. The van der Waals surface area contributed by atoms with Crippen molar-refractivity contribution in [3.63, 3.8) is 0 Å². The maximum atomic E-state index is 12.6. The van der Waals surface area contributed by atoms with Gasteiger partial charge in [0.2, 0.25) is 5.76 Å². The summed E-state index contributed by atoms with van der Waals surface area (Å²) in [6.45, 7) is 0.167. The Hall–Kier alpha value is -3.28. The molecule has 1 amide bonds. The van der Waals surface area contributed by atoms with Crippen molar-refractivity contribution in [3.05, 3.63) is 54.3 Å². The van der Waals surface area contributed by atoms with Gasteiger partial charge in [-0.2, -0.15) is 0 Å². The first-order valence-corrected chi connectivity index (χ1v) is 8.15. The molecule has 0 aliphatic carbocycles. The van der Waals surface area contributed by atoms with E-state index in [0.717, 1.165) is 10.9 Å². The molecule has 0 saturated carbocycles. The maximum absolute atomic E-state index is 12.6. The number of methoxy groups -OCH3 is 2. The van der Waals surface area contributed by atoms with E-state index in [1.54, 1.807) is 13.2 Å². The van der Waals surface area contributed by atoms with Gasteiger partial charge < -0.3 is 19.2 Å². The third kappa shape index (κ3) is 3.54. The molecule has 6 nitrogen and oxygen atoms in total. The van der Waals surface area contributed by atoms with E-state index in [0.29, 0.717) is 16.9 Å². The molecule has 0 atom stereocenters. The Morgan fingerprint density at radius 2 is 1.85 bits per heavy atom. The Bertz CT molecular complexity index is 930. The zero-order valence-electron chi connectivity index (χ0n) is 14.6. The van der Waals surface area contributed by atoms with Crippen LogP contribution in [0.4, 0.5) is 0 Å². The second-order valence-electron chi connectivity index (χ2n) is 5.62. The van der Waals surface area contributed by atoms with E-state index in [2.05, 4.69) is 10.1 Å². The zero-order valence-corrected chi connectivity index (χ0v) is 14.6. The molecule has 0 bridgehead atoms. The number of fused-ring (bicyclic) bond motifs is 1. The van der Waals surface area contributed by atoms with E-state index in [1.807, 2.05) is 42.5 Å². The second kappa shape index (κ2) is 7.74. The van der Waals surface area contributed by atoms with Crippen molar-refractivity contribution in [1.82, 2.24) is 5.32 Å². The molecule has 0 unspecified atom stereocenters. The van der Waals surface area contributed by atoms with Crippen LogP contribution in [0.2, 0.25) is 0 Å². The fraction of sp³-hybridized carbons (Fsp3) is 0.200. The summed E-state index contributed by atoms with van der Waals surface area (Å²) in [5.41, 5.74) is 2.13. The molecule has 1 aromatic heterocycles. The summed E-state index contributed by atoms with van der Waals surface area (Å²) in [6.07, 6.45) is 0.0942. The van der Waals surface area contributed by atoms with Crippen LogP contribution in [0.5, 0.6) is 5.75 Å². The molecule has 6 heteroatoms. The quantitative estimate of drug-likeness (QED) is 0.687. The molecule has 0 radical (unpaired) electrons. The summed E-state index contributed by atoms with van der Waals surface area (Å²) in [5.74, 6) is 0.0682. The minimum absolute atomic E-state index is 0.0942. The van der Waals surface area contributed by atoms with Crippen molar-refractivity contribution in [3.8, 4) is 16.9 Å². The molecule has 0 spiro atoms. The minimum Gasteiger partial charge on any atom is -0.497 e. The number of esters is 1. The number of hydrogen-bond donors (Lipinski definition) is 1. The largest absolute Gasteiger partial charge is 0.497 e. The number of carbonyl (C=O) groups is 2. The monoisotopic (exact) mass is 353 g/mol. The predicted octanol–water partition coefficient (Wildman–Crippen LogP) is 3.40. The van der Waals surface area contributed by atoms with Crippen LogP contribution in [0.1, 0.15) is 17.0 Å². The molecule has 134 valence electrons. The van der Waals surface area contributed by atoms with Gasteiger partial charge in [0.05, 0.1) is 20.6 Å². The van der Waals surface area contributed by atoms with Crippen LogP contribution in [0.3, 0.4) is 0 Å². The van der Waals surface area contributed by atoms with Crippen LogP contribution in [0, 0.1) is 0 Å². The van der Waals surface area contributed by atoms with E-state index < -0.39 is 0 Å². The number of rotatable bonds is 6. The molecule has 26 heavy (non-hydrogen) atoms. The Labute approximate surface area is 150 Å². The Morgan fingerprint density at radius 3 is 2.54 bits per heavy atom. The van der Waals surface area contributed by atoms with Crippen LogP contribution in [0.25, 0.3) is 22.1 Å². The van der Waals surface area contributed by atoms with E-state index in [1.165, 1.54) is 7.11 Å². The lowest BCUT2D eigenvalue weighted by atomic mass is 10.0. The highest BCUT2D eigenvalue weighted by Crippen LogP contribution is 2.36. The Kier molecular flexibility index (Phi) is 5.22. The zero-order chi connectivity index (χ0) is 18.5. The van der Waals surface area contributed by atoms with Crippen LogP contribution < -0.4 is 10.1 Å². The van der Waals surface area contributed by atoms with Gasteiger partial charge in [-0.05, 0) is 17.7 Å². The smallest absolute Gasteiger partial charge is 0.307 e. The summed E-state index contributed by atoms with van der Waals surface area (Å²) in [6, 6.07) is 15.0. The van der Waals surface area contributed by atoms with Gasteiger partial charge in [0.25, 0.3) is 5.91 Å². The van der Waals surface area contributed by atoms with Gasteiger partial charge in [-0.25, -0.2) is 0 Å². The van der Waals surface area contributed by atoms with Gasteiger partial charge in [-0.3, -0.25) is 9.59 Å². The Balaban J connectivity index is 2.00. The highest BCUT2D eigenvalue weighted by atomic mass is 16.5. The molecule has 0 aliphatic heterocycles. The lowest BCUT2D eigenvalue weighted by Gasteiger charge is -2.05. The molecular weight excluding hydrogens is 334 g/mol. The summed E-state index contributed by atoms with van der Waals surface area (Å²) in [7, 11) is 2.88. The van der Waals surface area contributed by atoms with Crippen molar-refractivity contribution >= 4 is 22.8 Å². The number of benzene rings is 2. The van der Waals surface area contributed by atoms with Gasteiger partial charge in [0.15, 0.2) is 0 Å². The van der Waals surface area contributed by atoms with Crippen LogP contribution >= 0.6 is 0 Å².